The molecule has 0 aliphatic carbocycles. The van der Waals surface area contributed by atoms with Crippen molar-refractivity contribution >= 4 is 33.4 Å². The molecule has 0 saturated heterocycles. The highest BCUT2D eigenvalue weighted by molar-refractivity contribution is 9.10. The normalized spacial score (nSPS) is 12.5. The monoisotopic (exact) mass is 451 g/mol. The molecule has 1 aromatic heterocycles. The quantitative estimate of drug-likeness (QED) is 0.542. The maximum atomic E-state index is 13.0. The van der Waals surface area contributed by atoms with Gasteiger partial charge >= 0.3 is 6.18 Å². The highest BCUT2D eigenvalue weighted by atomic mass is 79.9. The lowest BCUT2D eigenvalue weighted by Gasteiger charge is -2.14. The molecule has 1 aromatic carbocycles. The van der Waals surface area contributed by atoms with Crippen LogP contribution in [0, 0.1) is 10.1 Å². The number of pyridine rings is 1. The molecule has 1 amide bonds. The molecule has 11 heteroatoms. The van der Waals surface area contributed by atoms with Crippen molar-refractivity contribution in [1.29, 1.82) is 0 Å². The van der Waals surface area contributed by atoms with Crippen LogP contribution in [0.25, 0.3) is 0 Å². The van der Waals surface area contributed by atoms with Gasteiger partial charge < -0.3 is 5.32 Å². The first kappa shape index (κ1) is 20.1. The molecule has 26 heavy (non-hydrogen) atoms. The predicted molar refractivity (Wildman–Crippen MR) is 90.5 cm³/mol. The second-order valence-corrected chi connectivity index (χ2v) is 6.40. The Hall–Kier alpha value is -2.20. The van der Waals surface area contributed by atoms with Gasteiger partial charge in [0.1, 0.15) is 5.69 Å². The molecular formula is C15H10BrClF3N3O3. The summed E-state index contributed by atoms with van der Waals surface area (Å²) in [5, 5.41) is 13.4. The fraction of sp³-hybridized carbons (Fsp3) is 0.200. The van der Waals surface area contributed by atoms with E-state index in [1.807, 2.05) is 0 Å². The van der Waals surface area contributed by atoms with Crippen molar-refractivity contribution in [3.8, 4) is 0 Å². The fourth-order valence-electron chi connectivity index (χ4n) is 2.15. The largest absolute Gasteiger partial charge is 0.417 e. The number of aromatic nitrogens is 1. The molecule has 0 aliphatic heterocycles. The minimum Gasteiger partial charge on any atom is -0.345 e. The van der Waals surface area contributed by atoms with Crippen LogP contribution in [0.4, 0.5) is 13.2 Å². The zero-order chi connectivity index (χ0) is 19.5. The van der Waals surface area contributed by atoms with Gasteiger partial charge in [-0.1, -0.05) is 23.7 Å². The molecule has 0 bridgehead atoms. The Balaban J connectivity index is 2.23. The van der Waals surface area contributed by atoms with Gasteiger partial charge in [0.05, 0.1) is 22.7 Å². The molecule has 0 radical (unpaired) electrons. The van der Waals surface area contributed by atoms with Gasteiger partial charge in [-0.3, -0.25) is 19.9 Å². The second-order valence-electron chi connectivity index (χ2n) is 5.08. The smallest absolute Gasteiger partial charge is 0.345 e. The van der Waals surface area contributed by atoms with Crippen molar-refractivity contribution in [2.24, 2.45) is 0 Å². The molecule has 2 rings (SSSR count). The Morgan fingerprint density at radius 2 is 2.04 bits per heavy atom. The van der Waals surface area contributed by atoms with Crippen molar-refractivity contribution in [2.45, 2.75) is 12.2 Å². The lowest BCUT2D eigenvalue weighted by atomic mass is 10.1. The topological polar surface area (TPSA) is 85.1 Å². The van der Waals surface area contributed by atoms with Gasteiger partial charge in [-0.05, 0) is 34.1 Å². The first-order valence-electron chi connectivity index (χ1n) is 7.00. The summed E-state index contributed by atoms with van der Waals surface area (Å²) in [4.78, 5) is 26.5. The lowest BCUT2D eigenvalue weighted by Crippen LogP contribution is -2.33. The number of carbonyl (C=O) groups is 1. The average molecular weight is 453 g/mol. The van der Waals surface area contributed by atoms with Crippen LogP contribution in [-0.4, -0.2) is 22.4 Å². The molecular weight excluding hydrogens is 443 g/mol. The summed E-state index contributed by atoms with van der Waals surface area (Å²) in [6, 6.07) is 4.03. The number of nitrogens with one attached hydrogen (secondary N) is 1. The number of alkyl halides is 3. The average Bonchev–Trinajstić information content (AvgIpc) is 2.55. The molecule has 2 aromatic rings. The van der Waals surface area contributed by atoms with Crippen LogP contribution in [0.5, 0.6) is 0 Å². The van der Waals surface area contributed by atoms with E-state index in [2.05, 4.69) is 26.2 Å². The van der Waals surface area contributed by atoms with Crippen LogP contribution >= 0.6 is 27.5 Å². The van der Waals surface area contributed by atoms with Crippen LogP contribution < -0.4 is 5.32 Å². The zero-order valence-electron chi connectivity index (χ0n) is 12.8. The van der Waals surface area contributed by atoms with Crippen LogP contribution in [-0.2, 0) is 6.18 Å². The highest BCUT2D eigenvalue weighted by Crippen LogP contribution is 2.32. The summed E-state index contributed by atoms with van der Waals surface area (Å²) in [5.41, 5.74) is -1.86. The van der Waals surface area contributed by atoms with Gasteiger partial charge in [0.25, 0.3) is 11.9 Å². The third kappa shape index (κ3) is 4.70. The van der Waals surface area contributed by atoms with E-state index >= 15 is 0 Å². The first-order valence-corrected chi connectivity index (χ1v) is 8.17. The second kappa shape index (κ2) is 8.00. The fourth-order valence-corrected chi connectivity index (χ4v) is 2.91. The number of nitro groups is 1. The van der Waals surface area contributed by atoms with Gasteiger partial charge in [-0.15, -0.1) is 0 Å². The van der Waals surface area contributed by atoms with Gasteiger partial charge in [-0.25, -0.2) is 0 Å². The van der Waals surface area contributed by atoms with Crippen LogP contribution in [0.15, 0.2) is 41.0 Å². The molecule has 1 heterocycles. The summed E-state index contributed by atoms with van der Waals surface area (Å²) in [6.07, 6.45) is -3.44. The lowest BCUT2D eigenvalue weighted by molar-refractivity contribution is -0.527. The van der Waals surface area contributed by atoms with Crippen LogP contribution in [0.2, 0.25) is 5.02 Å². The third-order valence-corrected chi connectivity index (χ3v) is 4.08. The van der Waals surface area contributed by atoms with E-state index in [1.165, 1.54) is 18.3 Å². The number of carbonyl (C=O) groups excluding carboxylic acids is 1. The molecule has 0 saturated carbocycles. The SMILES string of the molecule is O=C(NCC(c1ncc(Br)cc1Cl)[N+](=O)[O-])c1ccccc1C(F)(F)F. The van der Waals surface area contributed by atoms with E-state index in [1.54, 1.807) is 0 Å². The molecule has 6 nitrogen and oxygen atoms in total. The molecule has 1 N–H and O–H groups in total. The number of rotatable bonds is 5. The van der Waals surface area contributed by atoms with Crippen molar-refractivity contribution in [1.82, 2.24) is 10.3 Å². The van der Waals surface area contributed by atoms with Crippen LogP contribution in [0.3, 0.4) is 0 Å². The van der Waals surface area contributed by atoms with E-state index in [4.69, 9.17) is 11.6 Å². The van der Waals surface area contributed by atoms with E-state index in [0.717, 1.165) is 18.2 Å². The molecule has 1 unspecified atom stereocenters. The minimum atomic E-state index is -4.73. The molecule has 0 fully saturated rings. The Morgan fingerprint density at radius 3 is 2.62 bits per heavy atom. The number of halogens is 5. The summed E-state index contributed by atoms with van der Waals surface area (Å²) < 4.78 is 39.4. The summed E-state index contributed by atoms with van der Waals surface area (Å²) in [5.74, 6) is -1.09. The first-order chi connectivity index (χ1) is 12.1. The van der Waals surface area contributed by atoms with Gasteiger partial charge in [-0.2, -0.15) is 13.2 Å². The number of hydrogen-bond donors (Lipinski definition) is 1. The Labute approximate surface area is 158 Å². The maximum absolute atomic E-state index is 13.0. The van der Waals surface area contributed by atoms with Crippen LogP contribution in [0.1, 0.15) is 27.7 Å². The minimum absolute atomic E-state index is 0.00832. The Kier molecular flexibility index (Phi) is 6.19. The summed E-state index contributed by atoms with van der Waals surface area (Å²) >= 11 is 9.04. The number of amides is 1. The predicted octanol–water partition coefficient (Wildman–Crippen LogP) is 4.26. The molecule has 138 valence electrons. The molecule has 0 aliphatic rings. The third-order valence-electron chi connectivity index (χ3n) is 3.34. The summed E-state index contributed by atoms with van der Waals surface area (Å²) in [6.45, 7) is -0.577. The Morgan fingerprint density at radius 1 is 1.38 bits per heavy atom. The number of benzene rings is 1. The van der Waals surface area contributed by atoms with Crippen molar-refractivity contribution in [3.63, 3.8) is 0 Å². The van der Waals surface area contributed by atoms with E-state index in [0.29, 0.717) is 4.47 Å². The van der Waals surface area contributed by atoms with E-state index in [-0.39, 0.29) is 10.7 Å². The zero-order valence-corrected chi connectivity index (χ0v) is 15.1. The van der Waals surface area contributed by atoms with Gasteiger partial charge in [0, 0.05) is 15.6 Å². The van der Waals surface area contributed by atoms with Gasteiger partial charge in [0.15, 0.2) is 0 Å². The Bertz CT molecular complexity index is 848. The maximum Gasteiger partial charge on any atom is 0.417 e. The number of hydrogen-bond acceptors (Lipinski definition) is 4. The standard InChI is InChI=1S/C15H10BrClF3N3O3/c16-8-5-11(17)13(21-6-8)12(23(25)26)7-22-14(24)9-3-1-2-4-10(9)15(18,19)20/h1-6,12H,7H2,(H,22,24). The number of nitrogens with zero attached hydrogens (tertiary/aromatic N) is 2. The summed E-state index contributed by atoms with van der Waals surface area (Å²) in [7, 11) is 0. The van der Waals surface area contributed by atoms with Crippen molar-refractivity contribution in [2.75, 3.05) is 6.54 Å². The molecule has 1 atom stereocenters. The van der Waals surface area contributed by atoms with Crippen molar-refractivity contribution in [3.05, 3.63) is 73.0 Å². The van der Waals surface area contributed by atoms with E-state index < -0.39 is 40.7 Å². The highest BCUT2D eigenvalue weighted by Gasteiger charge is 2.35. The van der Waals surface area contributed by atoms with Gasteiger partial charge in [0.2, 0.25) is 0 Å². The molecule has 0 spiro atoms. The van der Waals surface area contributed by atoms with Crippen molar-refractivity contribution < 1.29 is 22.9 Å². The van der Waals surface area contributed by atoms with E-state index in [9.17, 15) is 28.1 Å².